The minimum Gasteiger partial charge on any atom is -0.342 e. The Balaban J connectivity index is 1.78. The molecule has 0 unspecified atom stereocenters. The third kappa shape index (κ3) is 7.31. The Labute approximate surface area is 162 Å². The molecule has 1 amide bonds. The number of hydrogen-bond donors (Lipinski definition) is 1. The first-order chi connectivity index (χ1) is 13.1. The molecule has 5 heteroatoms. The molecule has 0 aliphatic heterocycles. The molecule has 0 aliphatic rings. The number of carbonyl (C=O) groups is 1. The number of benzene rings is 1. The standard InChI is InChI=1S/C22H30N4O/c1-4-26(5-2)22(27)17-24-16-21-14-20(11-13-25-21)15-23-12-10-19-8-6-18(3)7-9-19/h6-9,11,13-15,24H,4-5,10,12,16-17H2,1-3H3. The summed E-state index contributed by atoms with van der Waals surface area (Å²) < 4.78 is 0. The smallest absolute Gasteiger partial charge is 0.236 e. The number of carbonyl (C=O) groups excluding carboxylic acids is 1. The lowest BCUT2D eigenvalue weighted by atomic mass is 10.1. The summed E-state index contributed by atoms with van der Waals surface area (Å²) in [5, 5.41) is 3.17. The number of hydrogen-bond acceptors (Lipinski definition) is 4. The molecular formula is C22H30N4O. The third-order valence-electron chi connectivity index (χ3n) is 4.43. The summed E-state index contributed by atoms with van der Waals surface area (Å²) >= 11 is 0. The van der Waals surface area contributed by atoms with Crippen LogP contribution in [0.4, 0.5) is 0 Å². The first kappa shape index (κ1) is 20.8. The van der Waals surface area contributed by atoms with Crippen LogP contribution in [0, 0.1) is 6.92 Å². The quantitative estimate of drug-likeness (QED) is 0.658. The van der Waals surface area contributed by atoms with Crippen molar-refractivity contribution in [3.63, 3.8) is 0 Å². The Morgan fingerprint density at radius 3 is 2.63 bits per heavy atom. The Morgan fingerprint density at radius 2 is 1.93 bits per heavy atom. The second-order valence-corrected chi connectivity index (χ2v) is 6.52. The zero-order valence-corrected chi connectivity index (χ0v) is 16.6. The van der Waals surface area contributed by atoms with Crippen molar-refractivity contribution in [3.8, 4) is 0 Å². The minimum absolute atomic E-state index is 0.119. The van der Waals surface area contributed by atoms with Crippen molar-refractivity contribution < 1.29 is 4.79 Å². The Hall–Kier alpha value is -2.53. The highest BCUT2D eigenvalue weighted by molar-refractivity contribution is 5.79. The van der Waals surface area contributed by atoms with Gasteiger partial charge in [0, 0.05) is 38.6 Å². The summed E-state index contributed by atoms with van der Waals surface area (Å²) in [6.07, 6.45) is 4.61. The van der Waals surface area contributed by atoms with Crippen molar-refractivity contribution in [1.29, 1.82) is 0 Å². The van der Waals surface area contributed by atoms with Crippen LogP contribution < -0.4 is 5.32 Å². The monoisotopic (exact) mass is 366 g/mol. The van der Waals surface area contributed by atoms with E-state index in [9.17, 15) is 4.79 Å². The van der Waals surface area contributed by atoms with E-state index in [0.29, 0.717) is 13.1 Å². The second-order valence-electron chi connectivity index (χ2n) is 6.52. The number of nitrogens with zero attached hydrogens (tertiary/aromatic N) is 3. The van der Waals surface area contributed by atoms with Crippen LogP contribution in [0.2, 0.25) is 0 Å². The van der Waals surface area contributed by atoms with Crippen LogP contribution in [0.5, 0.6) is 0 Å². The van der Waals surface area contributed by atoms with Crippen molar-refractivity contribution in [1.82, 2.24) is 15.2 Å². The highest BCUT2D eigenvalue weighted by Gasteiger charge is 2.08. The molecule has 2 rings (SSSR count). The third-order valence-corrected chi connectivity index (χ3v) is 4.43. The lowest BCUT2D eigenvalue weighted by molar-refractivity contribution is -0.129. The summed E-state index contributed by atoms with van der Waals surface area (Å²) in [7, 11) is 0. The number of rotatable bonds is 10. The number of amides is 1. The van der Waals surface area contributed by atoms with Crippen molar-refractivity contribution >= 4 is 12.1 Å². The van der Waals surface area contributed by atoms with Crippen molar-refractivity contribution in [2.75, 3.05) is 26.2 Å². The molecule has 1 aromatic carbocycles. The number of aryl methyl sites for hydroxylation is 1. The molecule has 0 radical (unpaired) electrons. The molecule has 2 aromatic rings. The van der Waals surface area contributed by atoms with Gasteiger partial charge in [-0.1, -0.05) is 29.8 Å². The van der Waals surface area contributed by atoms with Gasteiger partial charge >= 0.3 is 0 Å². The van der Waals surface area contributed by atoms with Gasteiger partial charge in [-0.25, -0.2) is 0 Å². The van der Waals surface area contributed by atoms with E-state index in [2.05, 4.69) is 46.5 Å². The number of aromatic nitrogens is 1. The number of pyridine rings is 1. The van der Waals surface area contributed by atoms with Gasteiger partial charge in [0.1, 0.15) is 0 Å². The molecule has 0 atom stereocenters. The largest absolute Gasteiger partial charge is 0.342 e. The number of nitrogens with one attached hydrogen (secondary N) is 1. The summed E-state index contributed by atoms with van der Waals surface area (Å²) in [5.41, 5.74) is 4.51. The summed E-state index contributed by atoms with van der Waals surface area (Å²) in [6, 6.07) is 12.5. The average molecular weight is 367 g/mol. The van der Waals surface area contributed by atoms with E-state index in [0.717, 1.165) is 37.3 Å². The lowest BCUT2D eigenvalue weighted by Gasteiger charge is -2.18. The van der Waals surface area contributed by atoms with E-state index >= 15 is 0 Å². The SMILES string of the molecule is CCN(CC)C(=O)CNCc1cc(C=NCCc2ccc(C)cc2)ccn1. The number of likely N-dealkylation sites (N-methyl/N-ethyl adjacent to an activating group) is 1. The molecule has 27 heavy (non-hydrogen) atoms. The van der Waals surface area contributed by atoms with Gasteiger partial charge in [-0.2, -0.15) is 0 Å². The van der Waals surface area contributed by atoms with E-state index in [1.807, 2.05) is 37.1 Å². The van der Waals surface area contributed by atoms with Gasteiger partial charge in [0.2, 0.25) is 5.91 Å². The van der Waals surface area contributed by atoms with Crippen LogP contribution >= 0.6 is 0 Å². The highest BCUT2D eigenvalue weighted by atomic mass is 16.2. The Bertz CT molecular complexity index is 736. The maximum Gasteiger partial charge on any atom is 0.236 e. The molecule has 1 N–H and O–H groups in total. The van der Waals surface area contributed by atoms with Gasteiger partial charge in [0.15, 0.2) is 0 Å². The molecule has 0 spiro atoms. The summed E-state index contributed by atoms with van der Waals surface area (Å²) in [4.78, 5) is 22.7. The van der Waals surface area contributed by atoms with E-state index in [-0.39, 0.29) is 5.91 Å². The molecule has 0 bridgehead atoms. The van der Waals surface area contributed by atoms with Crippen LogP contribution in [-0.2, 0) is 17.8 Å². The van der Waals surface area contributed by atoms with Crippen LogP contribution in [0.15, 0.2) is 47.6 Å². The maximum atomic E-state index is 12.0. The fraction of sp³-hybridized carbons (Fsp3) is 0.409. The first-order valence-electron chi connectivity index (χ1n) is 9.61. The van der Waals surface area contributed by atoms with Gasteiger partial charge in [-0.05, 0) is 50.5 Å². The molecule has 5 nitrogen and oxygen atoms in total. The number of aliphatic imine (C=N–C) groups is 1. The molecule has 0 saturated heterocycles. The Morgan fingerprint density at radius 1 is 1.19 bits per heavy atom. The van der Waals surface area contributed by atoms with Gasteiger partial charge in [0.25, 0.3) is 0 Å². The predicted molar refractivity (Wildman–Crippen MR) is 111 cm³/mol. The Kier molecular flexibility index (Phi) is 8.65. The molecule has 1 heterocycles. The molecule has 0 aliphatic carbocycles. The van der Waals surface area contributed by atoms with Crippen LogP contribution in [-0.4, -0.2) is 48.2 Å². The van der Waals surface area contributed by atoms with E-state index in [1.165, 1.54) is 11.1 Å². The molecule has 0 fully saturated rings. The zero-order chi connectivity index (χ0) is 19.5. The van der Waals surface area contributed by atoms with Gasteiger partial charge in [-0.3, -0.25) is 14.8 Å². The average Bonchev–Trinajstić information content (AvgIpc) is 2.68. The lowest BCUT2D eigenvalue weighted by Crippen LogP contribution is -2.37. The predicted octanol–water partition coefficient (Wildman–Crippen LogP) is 3.01. The molecular weight excluding hydrogens is 336 g/mol. The van der Waals surface area contributed by atoms with E-state index in [4.69, 9.17) is 0 Å². The molecule has 144 valence electrons. The normalized spacial score (nSPS) is 11.1. The second kappa shape index (κ2) is 11.2. The fourth-order valence-corrected chi connectivity index (χ4v) is 2.78. The fourth-order valence-electron chi connectivity index (χ4n) is 2.78. The minimum atomic E-state index is 0.119. The van der Waals surface area contributed by atoms with Gasteiger partial charge in [-0.15, -0.1) is 0 Å². The van der Waals surface area contributed by atoms with Crippen LogP contribution in [0.3, 0.4) is 0 Å². The van der Waals surface area contributed by atoms with E-state index < -0.39 is 0 Å². The zero-order valence-electron chi connectivity index (χ0n) is 16.6. The summed E-state index contributed by atoms with van der Waals surface area (Å²) in [5.74, 6) is 0.119. The van der Waals surface area contributed by atoms with Crippen molar-refractivity contribution in [3.05, 3.63) is 65.0 Å². The van der Waals surface area contributed by atoms with Gasteiger partial charge in [0.05, 0.1) is 12.2 Å². The maximum absolute atomic E-state index is 12.0. The van der Waals surface area contributed by atoms with Crippen LogP contribution in [0.1, 0.15) is 36.2 Å². The highest BCUT2D eigenvalue weighted by Crippen LogP contribution is 2.04. The van der Waals surface area contributed by atoms with Crippen LogP contribution in [0.25, 0.3) is 0 Å². The van der Waals surface area contributed by atoms with Crippen molar-refractivity contribution in [2.24, 2.45) is 4.99 Å². The molecule has 1 aromatic heterocycles. The molecule has 0 saturated carbocycles. The topological polar surface area (TPSA) is 57.6 Å². The van der Waals surface area contributed by atoms with Crippen molar-refractivity contribution in [2.45, 2.75) is 33.7 Å². The van der Waals surface area contributed by atoms with Gasteiger partial charge < -0.3 is 10.2 Å². The first-order valence-corrected chi connectivity index (χ1v) is 9.61. The van der Waals surface area contributed by atoms with E-state index in [1.54, 1.807) is 6.20 Å². The summed E-state index contributed by atoms with van der Waals surface area (Å²) in [6.45, 7) is 9.22.